The van der Waals surface area contributed by atoms with Gasteiger partial charge in [0.05, 0.1) is 6.33 Å². The van der Waals surface area contributed by atoms with Gasteiger partial charge in [0.1, 0.15) is 5.01 Å². The Kier molecular flexibility index (Phi) is 4.24. The molecule has 4 rings (SSSR count). The minimum atomic E-state index is -4.28. The van der Waals surface area contributed by atoms with Crippen LogP contribution in [0.2, 0.25) is 0 Å². The first-order valence-corrected chi connectivity index (χ1v) is 10.5. The molecule has 1 aliphatic carbocycles. The van der Waals surface area contributed by atoms with Crippen LogP contribution >= 0.6 is 23.5 Å². The van der Waals surface area contributed by atoms with Gasteiger partial charge in [-0.3, -0.25) is 4.57 Å². The quantitative estimate of drug-likeness (QED) is 0.404. The Bertz CT molecular complexity index is 852. The van der Waals surface area contributed by atoms with E-state index < -0.39 is 18.5 Å². The lowest BCUT2D eigenvalue weighted by Crippen LogP contribution is -2.16. The standard InChI is InChI=1S/C13H18BrN6O4P/c14-10-6(3-8(24-10)25(21,22)23)4-20-5-16-9-11(17-7-1-2-7)18-13(15)19-12(9)20/h5-8,10H,1-4H2,(H2,21,22,23)(H3,15,17,18,19)/t6-,8-,10-/m0/s1. The summed E-state index contributed by atoms with van der Waals surface area (Å²) in [5, 5.41) is 2.85. The first kappa shape index (κ1) is 17.2. The highest BCUT2D eigenvalue weighted by Gasteiger charge is 2.43. The molecule has 2 aliphatic rings. The third-order valence-electron chi connectivity index (χ3n) is 4.37. The molecule has 0 radical (unpaired) electrons. The van der Waals surface area contributed by atoms with Gasteiger partial charge in [0.2, 0.25) is 5.95 Å². The molecule has 0 amide bonds. The van der Waals surface area contributed by atoms with E-state index >= 15 is 0 Å². The number of ether oxygens (including phenoxy) is 1. The smallest absolute Gasteiger partial charge is 0.354 e. The summed E-state index contributed by atoms with van der Waals surface area (Å²) < 4.78 is 18.6. The average molecular weight is 433 g/mol. The van der Waals surface area contributed by atoms with Crippen molar-refractivity contribution in [2.45, 2.75) is 42.7 Å². The third-order valence-corrected chi connectivity index (χ3v) is 6.41. The molecule has 0 spiro atoms. The zero-order valence-corrected chi connectivity index (χ0v) is 15.6. The van der Waals surface area contributed by atoms with Gasteiger partial charge in [-0.2, -0.15) is 9.97 Å². The normalized spacial score (nSPS) is 27.1. The van der Waals surface area contributed by atoms with Gasteiger partial charge in [-0.15, -0.1) is 0 Å². The second-order valence-electron chi connectivity index (χ2n) is 6.44. The summed E-state index contributed by atoms with van der Waals surface area (Å²) >= 11 is 3.35. The summed E-state index contributed by atoms with van der Waals surface area (Å²) in [5.41, 5.74) is 7.05. The molecule has 0 bridgehead atoms. The summed E-state index contributed by atoms with van der Waals surface area (Å²) in [6.07, 6.45) is 4.08. The average Bonchev–Trinajstić information content (AvgIpc) is 3.12. The Hall–Kier alpha value is -1.26. The number of hydrogen-bond donors (Lipinski definition) is 4. The highest BCUT2D eigenvalue weighted by Crippen LogP contribution is 2.51. The van der Waals surface area contributed by atoms with Crippen molar-refractivity contribution in [1.29, 1.82) is 0 Å². The van der Waals surface area contributed by atoms with E-state index in [1.807, 2.05) is 4.57 Å². The molecule has 1 saturated carbocycles. The Morgan fingerprint density at radius 2 is 2.20 bits per heavy atom. The monoisotopic (exact) mass is 432 g/mol. The lowest BCUT2D eigenvalue weighted by Gasteiger charge is -2.13. The number of anilines is 2. The largest absolute Gasteiger partial charge is 0.368 e. The maximum Gasteiger partial charge on any atom is 0.354 e. The van der Waals surface area contributed by atoms with Crippen molar-refractivity contribution in [2.24, 2.45) is 5.92 Å². The van der Waals surface area contributed by atoms with E-state index in [1.165, 1.54) is 0 Å². The summed E-state index contributed by atoms with van der Waals surface area (Å²) in [7, 11) is -4.28. The molecule has 2 fully saturated rings. The van der Waals surface area contributed by atoms with Crippen molar-refractivity contribution >= 4 is 46.5 Å². The van der Waals surface area contributed by atoms with E-state index in [4.69, 9.17) is 10.5 Å². The Morgan fingerprint density at radius 1 is 1.44 bits per heavy atom. The number of hydrogen-bond acceptors (Lipinski definition) is 7. The van der Waals surface area contributed by atoms with Gasteiger partial charge in [0.15, 0.2) is 22.8 Å². The van der Waals surface area contributed by atoms with Gasteiger partial charge in [-0.05, 0) is 19.3 Å². The summed E-state index contributed by atoms with van der Waals surface area (Å²) in [5.74, 6) is -0.451. The van der Waals surface area contributed by atoms with E-state index in [2.05, 4.69) is 36.2 Å². The van der Waals surface area contributed by atoms with E-state index in [0.717, 1.165) is 12.8 Å². The second kappa shape index (κ2) is 6.17. The molecular formula is C13H18BrN6O4P. The van der Waals surface area contributed by atoms with Gasteiger partial charge in [0.25, 0.3) is 0 Å². The third kappa shape index (κ3) is 3.52. The van der Waals surface area contributed by atoms with Gasteiger partial charge in [-0.1, -0.05) is 15.9 Å². The minimum Gasteiger partial charge on any atom is -0.368 e. The van der Waals surface area contributed by atoms with Crippen LogP contribution in [0.3, 0.4) is 0 Å². The summed E-state index contributed by atoms with van der Waals surface area (Å²) in [6.45, 7) is 0.447. The number of nitrogens with one attached hydrogen (secondary N) is 1. The fourth-order valence-electron chi connectivity index (χ4n) is 2.93. The predicted octanol–water partition coefficient (Wildman–Crippen LogP) is 1.24. The van der Waals surface area contributed by atoms with Gasteiger partial charge >= 0.3 is 7.60 Å². The van der Waals surface area contributed by atoms with Crippen molar-refractivity contribution in [3.8, 4) is 0 Å². The second-order valence-corrected chi connectivity index (χ2v) is 9.10. The Labute approximate surface area is 151 Å². The van der Waals surface area contributed by atoms with E-state index in [1.54, 1.807) is 6.33 Å². The van der Waals surface area contributed by atoms with Crippen molar-refractivity contribution in [1.82, 2.24) is 19.5 Å². The molecule has 0 unspecified atom stereocenters. The number of fused-ring (bicyclic) bond motifs is 1. The fourth-order valence-corrected chi connectivity index (χ4v) is 4.57. The number of imidazole rings is 1. The van der Waals surface area contributed by atoms with Gasteiger partial charge < -0.3 is 30.1 Å². The van der Waals surface area contributed by atoms with Gasteiger partial charge in [0, 0.05) is 18.5 Å². The molecule has 0 aromatic carbocycles. The molecule has 5 N–H and O–H groups in total. The van der Waals surface area contributed by atoms with Crippen LogP contribution in [0.5, 0.6) is 0 Å². The first-order valence-electron chi connectivity index (χ1n) is 7.91. The lowest BCUT2D eigenvalue weighted by atomic mass is 10.1. The van der Waals surface area contributed by atoms with E-state index in [-0.39, 0.29) is 18.3 Å². The number of alkyl halides is 1. The molecule has 3 atom stereocenters. The maximum absolute atomic E-state index is 11.4. The zero-order valence-electron chi connectivity index (χ0n) is 13.1. The number of rotatable bonds is 5. The first-order chi connectivity index (χ1) is 11.8. The Balaban J connectivity index is 1.59. The van der Waals surface area contributed by atoms with E-state index in [0.29, 0.717) is 29.6 Å². The maximum atomic E-state index is 11.4. The fraction of sp³-hybridized carbons (Fsp3) is 0.615. The molecular weight excluding hydrogens is 415 g/mol. The van der Waals surface area contributed by atoms with Crippen LogP contribution in [0, 0.1) is 5.92 Å². The van der Waals surface area contributed by atoms with Crippen LogP contribution in [0.1, 0.15) is 19.3 Å². The predicted molar refractivity (Wildman–Crippen MR) is 94.1 cm³/mol. The van der Waals surface area contributed by atoms with Crippen molar-refractivity contribution in [2.75, 3.05) is 11.1 Å². The number of nitrogen functional groups attached to an aromatic ring is 1. The number of nitrogens with two attached hydrogens (primary N) is 1. The lowest BCUT2D eigenvalue weighted by molar-refractivity contribution is 0.116. The molecule has 2 aromatic rings. The van der Waals surface area contributed by atoms with Crippen molar-refractivity contribution in [3.63, 3.8) is 0 Å². The summed E-state index contributed by atoms with van der Waals surface area (Å²) in [6, 6.07) is 0.404. The van der Waals surface area contributed by atoms with Crippen LogP contribution in [0.25, 0.3) is 11.2 Å². The van der Waals surface area contributed by atoms with Crippen molar-refractivity contribution < 1.29 is 19.1 Å². The Morgan fingerprint density at radius 3 is 2.84 bits per heavy atom. The molecule has 1 saturated heterocycles. The molecule has 136 valence electrons. The van der Waals surface area contributed by atoms with Crippen LogP contribution < -0.4 is 11.1 Å². The molecule has 10 nitrogen and oxygen atoms in total. The number of nitrogens with zero attached hydrogens (tertiary/aromatic N) is 4. The number of halogens is 1. The zero-order chi connectivity index (χ0) is 17.8. The minimum absolute atomic E-state index is 0.133. The van der Waals surface area contributed by atoms with E-state index in [9.17, 15) is 14.4 Å². The van der Waals surface area contributed by atoms with Crippen LogP contribution in [0.15, 0.2) is 6.33 Å². The summed E-state index contributed by atoms with van der Waals surface area (Å²) in [4.78, 5) is 31.5. The van der Waals surface area contributed by atoms with Crippen LogP contribution in [0.4, 0.5) is 11.8 Å². The highest BCUT2D eigenvalue weighted by molar-refractivity contribution is 9.09. The molecule has 25 heavy (non-hydrogen) atoms. The van der Waals surface area contributed by atoms with Crippen molar-refractivity contribution in [3.05, 3.63) is 6.33 Å². The number of aromatic nitrogens is 4. The highest BCUT2D eigenvalue weighted by atomic mass is 79.9. The van der Waals surface area contributed by atoms with Crippen LogP contribution in [-0.2, 0) is 15.8 Å². The molecule has 12 heteroatoms. The SMILES string of the molecule is Nc1nc(NC2CC2)c2ncn(C[C@@H]3C[C@H](P(=O)(O)O)O[C@@H]3Br)c2n1. The topological polar surface area (TPSA) is 148 Å². The van der Waals surface area contributed by atoms with Crippen LogP contribution in [-0.4, -0.2) is 46.2 Å². The molecule has 3 heterocycles. The van der Waals surface area contributed by atoms with Gasteiger partial charge in [-0.25, -0.2) is 4.98 Å². The molecule has 2 aromatic heterocycles. The molecule has 1 aliphatic heterocycles.